The highest BCUT2D eigenvalue weighted by molar-refractivity contribution is 9.10. The molecule has 0 fully saturated rings. The van der Waals surface area contributed by atoms with E-state index in [9.17, 15) is 4.79 Å². The Bertz CT molecular complexity index is 621. The maximum absolute atomic E-state index is 11.8. The van der Waals surface area contributed by atoms with Gasteiger partial charge in [-0.05, 0) is 35.9 Å². The van der Waals surface area contributed by atoms with Crippen molar-refractivity contribution in [1.29, 1.82) is 0 Å². The molecule has 0 radical (unpaired) electrons. The van der Waals surface area contributed by atoms with Gasteiger partial charge in [0.15, 0.2) is 0 Å². The number of benzene rings is 2. The summed E-state index contributed by atoms with van der Waals surface area (Å²) in [6.07, 6.45) is 3.27. The maximum atomic E-state index is 11.8. The molecule has 0 unspecified atom stereocenters. The number of carbonyl (C=O) groups is 1. The lowest BCUT2D eigenvalue weighted by Crippen LogP contribution is -2.07. The van der Waals surface area contributed by atoms with Gasteiger partial charge in [-0.25, -0.2) is 0 Å². The van der Waals surface area contributed by atoms with Gasteiger partial charge in [-0.2, -0.15) is 0 Å². The first-order valence-electron chi connectivity index (χ1n) is 6.06. The number of anilines is 1. The largest absolute Gasteiger partial charge is 0.497 e. The first-order valence-corrected chi connectivity index (χ1v) is 6.85. The Kier molecular flexibility index (Phi) is 4.96. The maximum Gasteiger partial charge on any atom is 0.248 e. The van der Waals surface area contributed by atoms with Crippen LogP contribution in [0.2, 0.25) is 0 Å². The van der Waals surface area contributed by atoms with E-state index in [2.05, 4.69) is 21.2 Å². The van der Waals surface area contributed by atoms with Crippen LogP contribution in [0.25, 0.3) is 6.08 Å². The molecule has 102 valence electrons. The number of hydrogen-bond donors (Lipinski definition) is 1. The van der Waals surface area contributed by atoms with E-state index in [0.29, 0.717) is 11.4 Å². The average Bonchev–Trinajstić information content (AvgIpc) is 2.47. The molecule has 0 spiro atoms. The van der Waals surface area contributed by atoms with Crippen LogP contribution in [-0.4, -0.2) is 13.0 Å². The minimum Gasteiger partial charge on any atom is -0.497 e. The minimum atomic E-state index is -0.179. The van der Waals surface area contributed by atoms with Crippen molar-refractivity contribution in [2.45, 2.75) is 0 Å². The van der Waals surface area contributed by atoms with Gasteiger partial charge < -0.3 is 10.1 Å². The van der Waals surface area contributed by atoms with Crippen molar-refractivity contribution >= 4 is 33.6 Å². The number of ether oxygens (including phenoxy) is 1. The molecule has 1 amide bonds. The number of carbonyl (C=O) groups excluding carboxylic acids is 1. The molecule has 0 saturated carbocycles. The molecule has 0 aliphatic heterocycles. The summed E-state index contributed by atoms with van der Waals surface area (Å²) in [4.78, 5) is 11.8. The van der Waals surface area contributed by atoms with Gasteiger partial charge in [0.05, 0.1) is 7.11 Å². The molecule has 0 aliphatic rings. The predicted octanol–water partition coefficient (Wildman–Crippen LogP) is 4.11. The number of amides is 1. The van der Waals surface area contributed by atoms with E-state index < -0.39 is 0 Å². The summed E-state index contributed by atoms with van der Waals surface area (Å²) in [6, 6.07) is 15.0. The van der Waals surface area contributed by atoms with Crippen molar-refractivity contribution in [3.63, 3.8) is 0 Å². The van der Waals surface area contributed by atoms with Crippen molar-refractivity contribution < 1.29 is 9.53 Å². The highest BCUT2D eigenvalue weighted by Crippen LogP contribution is 2.17. The topological polar surface area (TPSA) is 38.3 Å². The van der Waals surface area contributed by atoms with E-state index in [4.69, 9.17) is 4.74 Å². The van der Waals surface area contributed by atoms with E-state index in [1.165, 1.54) is 6.08 Å². The Hall–Kier alpha value is -2.07. The number of hydrogen-bond acceptors (Lipinski definition) is 2. The Labute approximate surface area is 126 Å². The molecule has 0 atom stereocenters. The molecular formula is C16H14BrNO2. The Morgan fingerprint density at radius 2 is 1.95 bits per heavy atom. The van der Waals surface area contributed by atoms with E-state index in [1.54, 1.807) is 19.3 Å². The van der Waals surface area contributed by atoms with Crippen LogP contribution >= 0.6 is 15.9 Å². The highest BCUT2D eigenvalue weighted by atomic mass is 79.9. The first kappa shape index (κ1) is 14.3. The summed E-state index contributed by atoms with van der Waals surface area (Å²) >= 11 is 3.37. The summed E-state index contributed by atoms with van der Waals surface area (Å²) < 4.78 is 6.11. The quantitative estimate of drug-likeness (QED) is 0.856. The van der Waals surface area contributed by atoms with Gasteiger partial charge in [0, 0.05) is 22.3 Å². The third-order valence-corrected chi connectivity index (χ3v) is 3.16. The van der Waals surface area contributed by atoms with Gasteiger partial charge in [-0.1, -0.05) is 34.1 Å². The van der Waals surface area contributed by atoms with Gasteiger partial charge in [0.1, 0.15) is 5.75 Å². The summed E-state index contributed by atoms with van der Waals surface area (Å²) in [5, 5.41) is 2.78. The van der Waals surface area contributed by atoms with E-state index in [1.807, 2.05) is 42.5 Å². The summed E-state index contributed by atoms with van der Waals surface area (Å²) in [6.45, 7) is 0. The molecule has 0 aromatic heterocycles. The van der Waals surface area contributed by atoms with Crippen LogP contribution < -0.4 is 10.1 Å². The normalized spacial score (nSPS) is 10.5. The van der Waals surface area contributed by atoms with Crippen LogP contribution in [0.4, 0.5) is 5.69 Å². The molecular weight excluding hydrogens is 318 g/mol. The molecule has 2 aromatic carbocycles. The van der Waals surface area contributed by atoms with Crippen LogP contribution in [0.3, 0.4) is 0 Å². The molecule has 4 heteroatoms. The van der Waals surface area contributed by atoms with Crippen LogP contribution in [0.15, 0.2) is 59.1 Å². The SMILES string of the molecule is COc1cccc(NC(=O)/C=C/c2ccc(Br)cc2)c1. The number of rotatable bonds is 4. The third kappa shape index (κ3) is 4.24. The second kappa shape index (κ2) is 6.91. The number of nitrogens with one attached hydrogen (secondary N) is 1. The van der Waals surface area contributed by atoms with E-state index >= 15 is 0 Å². The molecule has 0 saturated heterocycles. The summed E-state index contributed by atoms with van der Waals surface area (Å²) in [5.41, 5.74) is 1.67. The van der Waals surface area contributed by atoms with E-state index in [-0.39, 0.29) is 5.91 Å². The zero-order chi connectivity index (χ0) is 14.4. The van der Waals surface area contributed by atoms with Crippen LogP contribution in [0.1, 0.15) is 5.56 Å². The molecule has 2 rings (SSSR count). The minimum absolute atomic E-state index is 0.179. The van der Waals surface area contributed by atoms with Crippen LogP contribution in [-0.2, 0) is 4.79 Å². The Balaban J connectivity index is 1.99. The third-order valence-electron chi connectivity index (χ3n) is 2.63. The highest BCUT2D eigenvalue weighted by Gasteiger charge is 1.99. The first-order chi connectivity index (χ1) is 9.67. The smallest absolute Gasteiger partial charge is 0.248 e. The summed E-state index contributed by atoms with van der Waals surface area (Å²) in [5.74, 6) is 0.529. The van der Waals surface area contributed by atoms with Crippen molar-refractivity contribution in [2.75, 3.05) is 12.4 Å². The fraction of sp³-hybridized carbons (Fsp3) is 0.0625. The molecule has 3 nitrogen and oxygen atoms in total. The molecule has 2 aromatic rings. The standard InChI is InChI=1S/C16H14BrNO2/c1-20-15-4-2-3-14(11-15)18-16(19)10-7-12-5-8-13(17)9-6-12/h2-11H,1H3,(H,18,19)/b10-7+. The monoisotopic (exact) mass is 331 g/mol. The number of halogens is 1. The van der Waals surface area contributed by atoms with Gasteiger partial charge in [0.25, 0.3) is 0 Å². The lowest BCUT2D eigenvalue weighted by Gasteiger charge is -2.04. The second-order valence-corrected chi connectivity index (χ2v) is 5.02. The lowest BCUT2D eigenvalue weighted by atomic mass is 10.2. The van der Waals surface area contributed by atoms with Crippen LogP contribution in [0.5, 0.6) is 5.75 Å². The zero-order valence-corrected chi connectivity index (χ0v) is 12.6. The van der Waals surface area contributed by atoms with Crippen LogP contribution in [0, 0.1) is 0 Å². The predicted molar refractivity (Wildman–Crippen MR) is 84.8 cm³/mol. The van der Waals surface area contributed by atoms with Crippen molar-refractivity contribution in [3.8, 4) is 5.75 Å². The Morgan fingerprint density at radius 1 is 1.20 bits per heavy atom. The average molecular weight is 332 g/mol. The molecule has 1 N–H and O–H groups in total. The molecule has 0 bridgehead atoms. The summed E-state index contributed by atoms with van der Waals surface area (Å²) in [7, 11) is 1.59. The van der Waals surface area contributed by atoms with Gasteiger partial charge >= 0.3 is 0 Å². The van der Waals surface area contributed by atoms with Crippen molar-refractivity contribution in [2.24, 2.45) is 0 Å². The molecule has 20 heavy (non-hydrogen) atoms. The van der Waals surface area contributed by atoms with Gasteiger partial charge in [-0.15, -0.1) is 0 Å². The lowest BCUT2D eigenvalue weighted by molar-refractivity contribution is -0.111. The van der Waals surface area contributed by atoms with Crippen molar-refractivity contribution in [3.05, 3.63) is 64.6 Å². The van der Waals surface area contributed by atoms with Crippen molar-refractivity contribution in [1.82, 2.24) is 0 Å². The second-order valence-electron chi connectivity index (χ2n) is 4.11. The van der Waals surface area contributed by atoms with Gasteiger partial charge in [-0.3, -0.25) is 4.79 Å². The number of methoxy groups -OCH3 is 1. The molecule has 0 heterocycles. The zero-order valence-electron chi connectivity index (χ0n) is 11.0. The van der Waals surface area contributed by atoms with Gasteiger partial charge in [0.2, 0.25) is 5.91 Å². The fourth-order valence-electron chi connectivity index (χ4n) is 1.63. The van der Waals surface area contributed by atoms with E-state index in [0.717, 1.165) is 10.0 Å². The Morgan fingerprint density at radius 3 is 2.65 bits per heavy atom. The molecule has 0 aliphatic carbocycles. The fourth-order valence-corrected chi connectivity index (χ4v) is 1.89.